The van der Waals surface area contributed by atoms with E-state index in [0.717, 1.165) is 18.9 Å². The van der Waals surface area contributed by atoms with Gasteiger partial charge in [-0.1, -0.05) is 36.4 Å². The third-order valence-electron chi connectivity index (χ3n) is 4.38. The summed E-state index contributed by atoms with van der Waals surface area (Å²) in [4.78, 5) is 0. The summed E-state index contributed by atoms with van der Waals surface area (Å²) < 4.78 is 5.92. The van der Waals surface area contributed by atoms with Gasteiger partial charge in [0.25, 0.3) is 0 Å². The van der Waals surface area contributed by atoms with Crippen LogP contribution in [-0.4, -0.2) is 25.2 Å². The molecule has 2 aliphatic rings. The van der Waals surface area contributed by atoms with Gasteiger partial charge in [-0.3, -0.25) is 0 Å². The van der Waals surface area contributed by atoms with Gasteiger partial charge >= 0.3 is 0 Å². The van der Waals surface area contributed by atoms with E-state index in [9.17, 15) is 0 Å². The maximum Gasteiger partial charge on any atom is 0.124 e. The van der Waals surface area contributed by atoms with E-state index >= 15 is 0 Å². The smallest absolute Gasteiger partial charge is 0.124 e. The van der Waals surface area contributed by atoms with Crippen LogP contribution in [0.25, 0.3) is 0 Å². The molecule has 0 spiro atoms. The van der Waals surface area contributed by atoms with Crippen LogP contribution in [0.2, 0.25) is 0 Å². The van der Waals surface area contributed by atoms with Crippen LogP contribution in [0, 0.1) is 5.92 Å². The number of fused-ring (bicyclic) bond motifs is 3. The molecule has 2 aliphatic heterocycles. The monoisotopic (exact) mass is 266 g/mol. The number of hydrazine groups is 1. The van der Waals surface area contributed by atoms with E-state index in [2.05, 4.69) is 65.6 Å². The van der Waals surface area contributed by atoms with Crippen LogP contribution in [-0.2, 0) is 0 Å². The average molecular weight is 266 g/mol. The van der Waals surface area contributed by atoms with Crippen molar-refractivity contribution in [2.45, 2.75) is 6.04 Å². The molecule has 0 aromatic heterocycles. The number of hydrogen-bond acceptors (Lipinski definition) is 3. The molecule has 20 heavy (non-hydrogen) atoms. The third-order valence-corrected chi connectivity index (χ3v) is 4.38. The van der Waals surface area contributed by atoms with Crippen molar-refractivity contribution in [1.82, 2.24) is 5.01 Å². The van der Waals surface area contributed by atoms with Crippen LogP contribution in [0.5, 0.6) is 5.75 Å². The summed E-state index contributed by atoms with van der Waals surface area (Å²) in [5.41, 5.74) is 2.56. The molecule has 102 valence electrons. The molecular weight excluding hydrogens is 248 g/mol. The third kappa shape index (κ3) is 1.70. The first-order valence-corrected chi connectivity index (χ1v) is 7.11. The Morgan fingerprint density at radius 3 is 2.60 bits per heavy atom. The second kappa shape index (κ2) is 4.53. The van der Waals surface area contributed by atoms with Gasteiger partial charge in [-0.2, -0.15) is 0 Å². The van der Waals surface area contributed by atoms with Crippen LogP contribution < -0.4 is 9.75 Å². The first kappa shape index (κ1) is 11.8. The Kier molecular flexibility index (Phi) is 2.67. The van der Waals surface area contributed by atoms with E-state index in [1.807, 2.05) is 6.07 Å². The summed E-state index contributed by atoms with van der Waals surface area (Å²) in [6, 6.07) is 19.4. The van der Waals surface area contributed by atoms with Crippen LogP contribution >= 0.6 is 0 Å². The fourth-order valence-corrected chi connectivity index (χ4v) is 3.45. The fraction of sp³-hybridized carbons (Fsp3) is 0.294. The van der Waals surface area contributed by atoms with Crippen molar-refractivity contribution >= 4 is 5.69 Å². The van der Waals surface area contributed by atoms with Crippen molar-refractivity contribution in [2.24, 2.45) is 5.92 Å². The Hall–Kier alpha value is -2.00. The predicted molar refractivity (Wildman–Crippen MR) is 79.7 cm³/mol. The number of benzene rings is 2. The number of nitrogens with zero attached hydrogens (tertiary/aromatic N) is 2. The van der Waals surface area contributed by atoms with E-state index in [1.54, 1.807) is 0 Å². The Morgan fingerprint density at radius 1 is 1.00 bits per heavy atom. The lowest BCUT2D eigenvalue weighted by molar-refractivity contribution is 0.164. The highest BCUT2D eigenvalue weighted by Gasteiger charge is 2.42. The van der Waals surface area contributed by atoms with Crippen LogP contribution in [0.15, 0.2) is 54.6 Å². The van der Waals surface area contributed by atoms with Gasteiger partial charge in [-0.05, 0) is 18.2 Å². The second-order valence-electron chi connectivity index (χ2n) is 5.55. The van der Waals surface area contributed by atoms with Crippen molar-refractivity contribution in [3.8, 4) is 5.75 Å². The lowest BCUT2D eigenvalue weighted by Crippen LogP contribution is -2.35. The summed E-state index contributed by atoms with van der Waals surface area (Å²) >= 11 is 0. The highest BCUT2D eigenvalue weighted by Crippen LogP contribution is 2.44. The van der Waals surface area contributed by atoms with Crippen molar-refractivity contribution in [3.63, 3.8) is 0 Å². The summed E-state index contributed by atoms with van der Waals surface area (Å²) in [6.07, 6.45) is 0. The van der Waals surface area contributed by atoms with Crippen LogP contribution in [0.3, 0.4) is 0 Å². The molecule has 2 aromatic rings. The molecule has 0 N–H and O–H groups in total. The number of anilines is 1. The maximum absolute atomic E-state index is 5.92. The maximum atomic E-state index is 5.92. The van der Waals surface area contributed by atoms with Gasteiger partial charge in [0, 0.05) is 25.1 Å². The number of rotatable bonds is 1. The van der Waals surface area contributed by atoms with Gasteiger partial charge in [0.1, 0.15) is 5.75 Å². The largest absolute Gasteiger partial charge is 0.493 e. The van der Waals surface area contributed by atoms with E-state index in [1.165, 1.54) is 11.3 Å². The molecule has 3 heteroatoms. The van der Waals surface area contributed by atoms with Gasteiger partial charge < -0.3 is 9.75 Å². The Labute approximate surface area is 119 Å². The molecule has 0 unspecified atom stereocenters. The zero-order valence-corrected chi connectivity index (χ0v) is 11.6. The van der Waals surface area contributed by atoms with Gasteiger partial charge in [0.05, 0.1) is 18.3 Å². The van der Waals surface area contributed by atoms with E-state index in [0.29, 0.717) is 12.0 Å². The molecular formula is C17H18N2O. The summed E-state index contributed by atoms with van der Waals surface area (Å²) in [5, 5.41) is 4.72. The molecule has 1 saturated heterocycles. The molecule has 4 rings (SSSR count). The standard InChI is InChI=1S/C17H18N2O/c1-18-17-13(11-19(18)14-7-3-2-4-8-14)12-20-16-10-6-5-9-15(16)17/h2-10,13,17H,11-12H2,1H3/t13-,17+/m1/s1. The highest BCUT2D eigenvalue weighted by molar-refractivity contribution is 5.48. The van der Waals surface area contributed by atoms with Crippen LogP contribution in [0.1, 0.15) is 11.6 Å². The summed E-state index contributed by atoms with van der Waals surface area (Å²) in [7, 11) is 2.18. The molecule has 2 atom stereocenters. The van der Waals surface area contributed by atoms with Gasteiger partial charge in [-0.25, -0.2) is 5.01 Å². The molecule has 2 aromatic carbocycles. The molecule has 2 heterocycles. The second-order valence-corrected chi connectivity index (χ2v) is 5.55. The number of para-hydroxylation sites is 2. The molecule has 0 aliphatic carbocycles. The molecule has 0 saturated carbocycles. The summed E-state index contributed by atoms with van der Waals surface area (Å²) in [6.45, 7) is 1.81. The van der Waals surface area contributed by atoms with E-state index in [-0.39, 0.29) is 0 Å². The minimum absolute atomic E-state index is 0.417. The lowest BCUT2D eigenvalue weighted by Gasteiger charge is -2.33. The predicted octanol–water partition coefficient (Wildman–Crippen LogP) is 3.10. The van der Waals surface area contributed by atoms with Gasteiger partial charge in [0.15, 0.2) is 0 Å². The lowest BCUT2D eigenvalue weighted by atomic mass is 9.92. The van der Waals surface area contributed by atoms with Crippen molar-refractivity contribution < 1.29 is 4.74 Å². The van der Waals surface area contributed by atoms with Crippen molar-refractivity contribution in [3.05, 3.63) is 60.2 Å². The first-order valence-electron chi connectivity index (χ1n) is 7.11. The first-order chi connectivity index (χ1) is 9.84. The minimum atomic E-state index is 0.417. The van der Waals surface area contributed by atoms with E-state index < -0.39 is 0 Å². The average Bonchev–Trinajstić information content (AvgIpc) is 2.86. The molecule has 0 radical (unpaired) electrons. The van der Waals surface area contributed by atoms with Crippen molar-refractivity contribution in [1.29, 1.82) is 0 Å². The number of hydrogen-bond donors (Lipinski definition) is 0. The SMILES string of the molecule is CN1[C@@H]2c3ccccc3OC[C@H]2CN1c1ccccc1. The highest BCUT2D eigenvalue weighted by atomic mass is 16.5. The van der Waals surface area contributed by atoms with Crippen LogP contribution in [0.4, 0.5) is 5.69 Å². The zero-order chi connectivity index (χ0) is 13.5. The summed E-state index contributed by atoms with van der Waals surface area (Å²) in [5.74, 6) is 1.56. The molecule has 0 bridgehead atoms. The Bertz CT molecular complexity index is 613. The fourth-order valence-electron chi connectivity index (χ4n) is 3.45. The Morgan fingerprint density at radius 2 is 1.75 bits per heavy atom. The topological polar surface area (TPSA) is 15.7 Å². The zero-order valence-electron chi connectivity index (χ0n) is 11.6. The number of ether oxygens (including phenoxy) is 1. The Balaban J connectivity index is 1.72. The molecule has 0 amide bonds. The van der Waals surface area contributed by atoms with Gasteiger partial charge in [0.2, 0.25) is 0 Å². The quantitative estimate of drug-likeness (QED) is 0.789. The normalized spacial score (nSPS) is 24.9. The minimum Gasteiger partial charge on any atom is -0.493 e. The molecule has 1 fully saturated rings. The molecule has 3 nitrogen and oxygen atoms in total. The van der Waals surface area contributed by atoms with Crippen molar-refractivity contribution in [2.75, 3.05) is 25.2 Å². The van der Waals surface area contributed by atoms with E-state index in [4.69, 9.17) is 4.74 Å². The van der Waals surface area contributed by atoms with Gasteiger partial charge in [-0.15, -0.1) is 0 Å².